The summed E-state index contributed by atoms with van der Waals surface area (Å²) < 4.78 is 34.8. The predicted molar refractivity (Wildman–Crippen MR) is 132 cm³/mol. The molecular formula is C29H41F2O2. The number of hydrogen-bond donors (Lipinski definition) is 0. The second-order valence-corrected chi connectivity index (χ2v) is 9.09. The zero-order valence-corrected chi connectivity index (χ0v) is 20.5. The Hall–Kier alpha value is -1.94. The van der Waals surface area contributed by atoms with Crippen molar-refractivity contribution in [1.82, 2.24) is 0 Å². The first kappa shape index (κ1) is 27.3. The van der Waals surface area contributed by atoms with Crippen LogP contribution in [0.25, 0.3) is 11.1 Å². The molecular weight excluding hydrogens is 418 g/mol. The minimum atomic E-state index is -0.457. The molecule has 1 unspecified atom stereocenters. The molecule has 0 spiro atoms. The van der Waals surface area contributed by atoms with Crippen LogP contribution in [0.15, 0.2) is 36.4 Å². The fourth-order valence-electron chi connectivity index (χ4n) is 4.14. The maximum Gasteiger partial charge on any atom is 0.165 e. The number of hydrogen-bond acceptors (Lipinski definition) is 1. The van der Waals surface area contributed by atoms with Gasteiger partial charge in [-0.2, -0.15) is 0 Å². The van der Waals surface area contributed by atoms with Crippen LogP contribution >= 0.6 is 0 Å². The highest BCUT2D eigenvalue weighted by Crippen LogP contribution is 2.29. The van der Waals surface area contributed by atoms with E-state index < -0.39 is 11.9 Å². The molecule has 0 aliphatic rings. The summed E-state index contributed by atoms with van der Waals surface area (Å²) in [6.45, 7) is 4.73. The molecule has 0 aliphatic carbocycles. The first-order valence-corrected chi connectivity index (χ1v) is 12.9. The molecule has 1 radical (unpaired) electrons. The predicted octanol–water partition coefficient (Wildman–Crippen LogP) is 9.07. The van der Waals surface area contributed by atoms with E-state index in [4.69, 9.17) is 4.74 Å². The average Bonchev–Trinajstić information content (AvgIpc) is 2.79. The zero-order chi connectivity index (χ0) is 23.9. The van der Waals surface area contributed by atoms with Crippen LogP contribution in [0.2, 0.25) is 0 Å². The normalized spacial score (nSPS) is 12.2. The van der Waals surface area contributed by atoms with Crippen molar-refractivity contribution in [2.45, 2.75) is 103 Å². The molecule has 0 fully saturated rings. The quantitative estimate of drug-likeness (QED) is 0.217. The van der Waals surface area contributed by atoms with E-state index in [0.29, 0.717) is 17.7 Å². The summed E-state index contributed by atoms with van der Waals surface area (Å²) in [5, 5.41) is 11.6. The van der Waals surface area contributed by atoms with Gasteiger partial charge in [-0.15, -0.1) is 0 Å². The number of ether oxygens (including phenoxy) is 1. The molecule has 0 aromatic heterocycles. The Bertz CT molecular complexity index is 806. The molecule has 183 valence electrons. The third-order valence-electron chi connectivity index (χ3n) is 6.13. The molecule has 0 saturated carbocycles. The van der Waals surface area contributed by atoms with Gasteiger partial charge in [-0.05, 0) is 61.4 Å². The van der Waals surface area contributed by atoms with Crippen molar-refractivity contribution in [3.05, 3.63) is 53.6 Å². The summed E-state index contributed by atoms with van der Waals surface area (Å²) in [5.41, 5.74) is 1.85. The maximum atomic E-state index is 14.7. The van der Waals surface area contributed by atoms with Gasteiger partial charge in [-0.1, -0.05) is 83.4 Å². The lowest BCUT2D eigenvalue weighted by molar-refractivity contribution is 0.0707. The van der Waals surface area contributed by atoms with Gasteiger partial charge in [-0.3, -0.25) is 0 Å². The van der Waals surface area contributed by atoms with Gasteiger partial charge in [0.25, 0.3) is 0 Å². The van der Waals surface area contributed by atoms with Gasteiger partial charge >= 0.3 is 0 Å². The van der Waals surface area contributed by atoms with E-state index in [0.717, 1.165) is 63.4 Å². The number of unbranched alkanes of at least 4 members (excludes halogenated alkanes) is 7. The third-order valence-corrected chi connectivity index (χ3v) is 6.13. The highest BCUT2D eigenvalue weighted by Gasteiger charge is 2.11. The monoisotopic (exact) mass is 459 g/mol. The first-order chi connectivity index (χ1) is 16.0. The van der Waals surface area contributed by atoms with Crippen molar-refractivity contribution in [1.29, 1.82) is 0 Å². The number of halogens is 2. The summed E-state index contributed by atoms with van der Waals surface area (Å²) >= 11 is 0. The van der Waals surface area contributed by atoms with Crippen molar-refractivity contribution in [3.8, 4) is 16.9 Å². The van der Waals surface area contributed by atoms with Crippen LogP contribution in [0.4, 0.5) is 8.78 Å². The minimum Gasteiger partial charge on any atom is -0.491 e. The Morgan fingerprint density at radius 3 is 2.24 bits per heavy atom. The van der Waals surface area contributed by atoms with Crippen molar-refractivity contribution in [2.75, 3.05) is 6.61 Å². The van der Waals surface area contributed by atoms with Crippen LogP contribution in [0, 0.1) is 11.6 Å². The average molecular weight is 460 g/mol. The van der Waals surface area contributed by atoms with E-state index >= 15 is 0 Å². The van der Waals surface area contributed by atoms with Crippen molar-refractivity contribution in [2.24, 2.45) is 0 Å². The summed E-state index contributed by atoms with van der Waals surface area (Å²) in [7, 11) is 0. The van der Waals surface area contributed by atoms with Crippen molar-refractivity contribution < 1.29 is 18.6 Å². The van der Waals surface area contributed by atoms with Gasteiger partial charge in [-0.25, -0.2) is 13.9 Å². The molecule has 1 atom stereocenters. The summed E-state index contributed by atoms with van der Waals surface area (Å²) in [5.74, 6) is -0.569. The largest absolute Gasteiger partial charge is 0.491 e. The Labute approximate surface area is 199 Å². The van der Waals surface area contributed by atoms with Crippen LogP contribution in [-0.2, 0) is 11.5 Å². The fraction of sp³-hybridized carbons (Fsp3) is 0.586. The molecule has 2 aromatic rings. The molecule has 0 heterocycles. The van der Waals surface area contributed by atoms with Gasteiger partial charge in [0.1, 0.15) is 5.82 Å². The molecule has 0 saturated heterocycles. The highest BCUT2D eigenvalue weighted by atomic mass is 19.1. The molecule has 0 aliphatic heterocycles. The minimum absolute atomic E-state index is 0.226. The highest BCUT2D eigenvalue weighted by molar-refractivity contribution is 5.65. The Morgan fingerprint density at radius 2 is 1.52 bits per heavy atom. The standard InChI is InChI=1S/C29H41F2O2/c1-3-5-6-7-8-12-20-33-29-19-17-24(22-28(29)31)26-18-16-23(21-27(26)30)14-10-9-11-15-25(32)13-4-2/h16-19,21-22,25H,3-15,20H2,1-2H3. The SMILES string of the molecule is CCCCCCCCOc1ccc(-c2ccc(CCCCCC([O])CCC)cc2F)cc1F. The summed E-state index contributed by atoms with van der Waals surface area (Å²) in [6, 6.07) is 9.84. The number of rotatable bonds is 17. The molecule has 2 nitrogen and oxygen atoms in total. The van der Waals surface area contributed by atoms with Crippen LogP contribution < -0.4 is 4.74 Å². The number of benzene rings is 2. The van der Waals surface area contributed by atoms with Gasteiger partial charge in [0.15, 0.2) is 11.6 Å². The fourth-order valence-corrected chi connectivity index (χ4v) is 4.14. The van der Waals surface area contributed by atoms with Crippen molar-refractivity contribution in [3.63, 3.8) is 0 Å². The van der Waals surface area contributed by atoms with Crippen LogP contribution in [-0.4, -0.2) is 12.7 Å². The molecule has 2 rings (SSSR count). The molecule has 4 heteroatoms. The van der Waals surface area contributed by atoms with E-state index in [1.807, 2.05) is 13.0 Å². The van der Waals surface area contributed by atoms with Gasteiger partial charge < -0.3 is 4.74 Å². The third kappa shape index (κ3) is 10.2. The molecule has 0 amide bonds. The smallest absolute Gasteiger partial charge is 0.165 e. The molecule has 0 bridgehead atoms. The van der Waals surface area contributed by atoms with E-state index in [1.165, 1.54) is 31.7 Å². The summed E-state index contributed by atoms with van der Waals surface area (Å²) in [4.78, 5) is 0. The Kier molecular flexibility index (Phi) is 13.1. The second-order valence-electron chi connectivity index (χ2n) is 9.09. The summed E-state index contributed by atoms with van der Waals surface area (Å²) in [6.07, 6.45) is 12.5. The van der Waals surface area contributed by atoms with E-state index in [1.54, 1.807) is 24.3 Å². The lowest BCUT2D eigenvalue weighted by atomic mass is 9.99. The van der Waals surface area contributed by atoms with Crippen LogP contribution in [0.5, 0.6) is 5.75 Å². The Balaban J connectivity index is 1.80. The second kappa shape index (κ2) is 15.8. The van der Waals surface area contributed by atoms with E-state index in [2.05, 4.69) is 6.92 Å². The molecule has 33 heavy (non-hydrogen) atoms. The van der Waals surface area contributed by atoms with Crippen LogP contribution in [0.3, 0.4) is 0 Å². The molecule has 2 aromatic carbocycles. The lowest BCUT2D eigenvalue weighted by Gasteiger charge is -2.11. The van der Waals surface area contributed by atoms with E-state index in [-0.39, 0.29) is 11.6 Å². The zero-order valence-electron chi connectivity index (χ0n) is 20.5. The Morgan fingerprint density at radius 1 is 0.758 bits per heavy atom. The van der Waals surface area contributed by atoms with E-state index in [9.17, 15) is 13.9 Å². The first-order valence-electron chi connectivity index (χ1n) is 12.9. The van der Waals surface area contributed by atoms with Crippen LogP contribution in [0.1, 0.15) is 96.5 Å². The van der Waals surface area contributed by atoms with Gasteiger partial charge in [0.2, 0.25) is 0 Å². The number of aryl methyl sites for hydroxylation is 1. The van der Waals surface area contributed by atoms with Gasteiger partial charge in [0.05, 0.1) is 12.7 Å². The lowest BCUT2D eigenvalue weighted by Crippen LogP contribution is -2.03. The van der Waals surface area contributed by atoms with Crippen molar-refractivity contribution >= 4 is 0 Å². The topological polar surface area (TPSA) is 29.1 Å². The molecule has 0 N–H and O–H groups in total. The van der Waals surface area contributed by atoms with Gasteiger partial charge in [0, 0.05) is 5.56 Å². The maximum absolute atomic E-state index is 14.7.